The molecule has 0 aliphatic rings. The molecule has 0 bridgehead atoms. The number of benzene rings is 2. The van der Waals surface area contributed by atoms with Crippen LogP contribution in [0.15, 0.2) is 54.6 Å². The van der Waals surface area contributed by atoms with Crippen molar-refractivity contribution >= 4 is 17.7 Å². The molecule has 2 aromatic carbocycles. The topological polar surface area (TPSA) is 61.9 Å². The summed E-state index contributed by atoms with van der Waals surface area (Å²) in [5, 5.41) is 2.72. The number of para-hydroxylation sites is 1. The molecule has 0 radical (unpaired) electrons. The summed E-state index contributed by atoms with van der Waals surface area (Å²) in [6.45, 7) is 6.19. The fourth-order valence-corrected chi connectivity index (χ4v) is 2.61. The van der Waals surface area contributed by atoms with Crippen LogP contribution in [0.3, 0.4) is 0 Å². The van der Waals surface area contributed by atoms with E-state index >= 15 is 0 Å². The van der Waals surface area contributed by atoms with E-state index < -0.39 is 11.7 Å². The maximum atomic E-state index is 13.1. The Morgan fingerprint density at radius 1 is 1.00 bits per heavy atom. The molecule has 0 spiro atoms. The maximum Gasteiger partial charge on any atom is 0.407 e. The third-order valence-electron chi connectivity index (χ3n) is 3.75. The molecule has 0 aromatic heterocycles. The number of ether oxygens (including phenoxy) is 1. The van der Waals surface area contributed by atoms with Crippen molar-refractivity contribution in [2.24, 2.45) is 0 Å². The second kappa shape index (κ2) is 9.37. The van der Waals surface area contributed by atoms with Crippen LogP contribution in [0.2, 0.25) is 0 Å². The molecule has 0 atom stereocenters. The summed E-state index contributed by atoms with van der Waals surface area (Å²) < 4.78 is 5.25. The number of alkyl carbamates (subject to hydrolysis) is 1. The van der Waals surface area contributed by atoms with E-state index in [1.807, 2.05) is 82.2 Å². The fourth-order valence-electron chi connectivity index (χ4n) is 2.61. The summed E-state index contributed by atoms with van der Waals surface area (Å²) in [7, 11) is 3.84. The van der Waals surface area contributed by atoms with Gasteiger partial charge in [-0.1, -0.05) is 30.3 Å². The molecule has 0 aliphatic carbocycles. The van der Waals surface area contributed by atoms with Crippen LogP contribution in [-0.2, 0) is 11.3 Å². The van der Waals surface area contributed by atoms with Gasteiger partial charge >= 0.3 is 6.09 Å². The highest BCUT2D eigenvalue weighted by Gasteiger charge is 2.19. The number of nitrogens with one attached hydrogen (secondary N) is 1. The molecule has 0 heterocycles. The monoisotopic (exact) mass is 383 g/mol. The van der Waals surface area contributed by atoms with Gasteiger partial charge in [-0.3, -0.25) is 14.6 Å². The van der Waals surface area contributed by atoms with Crippen LogP contribution in [0, 0.1) is 0 Å². The van der Waals surface area contributed by atoms with Gasteiger partial charge in [-0.15, -0.1) is 0 Å². The lowest BCUT2D eigenvalue weighted by atomic mass is 10.1. The Hall–Kier alpha value is -2.86. The lowest BCUT2D eigenvalue weighted by molar-refractivity contribution is 0.0523. The second-order valence-electron chi connectivity index (χ2n) is 7.85. The first-order chi connectivity index (χ1) is 13.2. The van der Waals surface area contributed by atoms with Gasteiger partial charge in [0.15, 0.2) is 0 Å². The minimum absolute atomic E-state index is 0.0981. The largest absolute Gasteiger partial charge is 0.444 e. The molecule has 2 rings (SSSR count). The zero-order chi connectivity index (χ0) is 20.7. The van der Waals surface area contributed by atoms with E-state index in [1.54, 1.807) is 17.0 Å². The molecule has 6 nitrogen and oxygen atoms in total. The molecule has 6 heteroatoms. The number of hydrogen-bond donors (Lipinski definition) is 1. The van der Waals surface area contributed by atoms with Crippen molar-refractivity contribution in [1.29, 1.82) is 0 Å². The average molecular weight is 383 g/mol. The van der Waals surface area contributed by atoms with E-state index in [4.69, 9.17) is 4.74 Å². The van der Waals surface area contributed by atoms with Gasteiger partial charge < -0.3 is 10.1 Å². The summed E-state index contributed by atoms with van der Waals surface area (Å²) in [6, 6.07) is 16.8. The van der Waals surface area contributed by atoms with Crippen molar-refractivity contribution < 1.29 is 14.3 Å². The Labute approximate surface area is 167 Å². The van der Waals surface area contributed by atoms with Crippen molar-refractivity contribution in [3.8, 4) is 0 Å². The minimum atomic E-state index is -0.551. The Bertz CT molecular complexity index is 798. The number of amides is 2. The zero-order valence-corrected chi connectivity index (χ0v) is 17.2. The molecular weight excluding hydrogens is 354 g/mol. The van der Waals surface area contributed by atoms with Crippen molar-refractivity contribution in [3.63, 3.8) is 0 Å². The maximum absolute atomic E-state index is 13.1. The zero-order valence-electron chi connectivity index (χ0n) is 17.2. The minimum Gasteiger partial charge on any atom is -0.444 e. The molecule has 0 aliphatic heterocycles. The van der Waals surface area contributed by atoms with Crippen LogP contribution in [0.5, 0.6) is 0 Å². The molecule has 0 saturated carbocycles. The highest BCUT2D eigenvalue weighted by atomic mass is 16.6. The molecule has 150 valence electrons. The molecule has 0 unspecified atom stereocenters. The summed E-state index contributed by atoms with van der Waals surface area (Å²) in [5.74, 6) is -0.0981. The quantitative estimate of drug-likeness (QED) is 0.769. The van der Waals surface area contributed by atoms with Gasteiger partial charge in [0.2, 0.25) is 0 Å². The van der Waals surface area contributed by atoms with Gasteiger partial charge in [-0.05, 0) is 64.7 Å². The Morgan fingerprint density at radius 3 is 2.29 bits per heavy atom. The predicted molar refractivity (Wildman–Crippen MR) is 111 cm³/mol. The number of rotatable bonds is 6. The molecule has 2 aromatic rings. The first-order valence-corrected chi connectivity index (χ1v) is 9.23. The first-order valence-electron chi connectivity index (χ1n) is 9.23. The van der Waals surface area contributed by atoms with Crippen LogP contribution in [0.1, 0.15) is 36.7 Å². The third kappa shape index (κ3) is 6.70. The van der Waals surface area contributed by atoms with E-state index in [-0.39, 0.29) is 12.5 Å². The van der Waals surface area contributed by atoms with Crippen LogP contribution >= 0.6 is 0 Å². The van der Waals surface area contributed by atoms with Gasteiger partial charge in [0.1, 0.15) is 5.60 Å². The van der Waals surface area contributed by atoms with Gasteiger partial charge in [0.05, 0.1) is 6.67 Å². The normalized spacial score (nSPS) is 11.2. The summed E-state index contributed by atoms with van der Waals surface area (Å²) in [4.78, 5) is 28.7. The third-order valence-corrected chi connectivity index (χ3v) is 3.75. The first kappa shape index (κ1) is 21.4. The molecule has 0 saturated heterocycles. The summed E-state index contributed by atoms with van der Waals surface area (Å²) in [6.07, 6.45) is -0.484. The van der Waals surface area contributed by atoms with Gasteiger partial charge in [-0.2, -0.15) is 0 Å². The molecular formula is C22H29N3O3. The lowest BCUT2D eigenvalue weighted by Crippen LogP contribution is -2.38. The molecule has 0 fully saturated rings. The lowest BCUT2D eigenvalue weighted by Gasteiger charge is -2.26. The average Bonchev–Trinajstić information content (AvgIpc) is 2.63. The SMILES string of the molecule is CN(C)CN(C(=O)c1cccc(CNC(=O)OC(C)(C)C)c1)c1ccccc1. The van der Waals surface area contributed by atoms with Gasteiger partial charge in [0.25, 0.3) is 5.91 Å². The van der Waals surface area contributed by atoms with Crippen molar-refractivity contribution in [2.75, 3.05) is 25.7 Å². The van der Waals surface area contributed by atoms with Crippen molar-refractivity contribution in [1.82, 2.24) is 10.2 Å². The number of hydrogen-bond acceptors (Lipinski definition) is 4. The van der Waals surface area contributed by atoms with Crippen molar-refractivity contribution in [3.05, 3.63) is 65.7 Å². The number of anilines is 1. The number of carbonyl (C=O) groups is 2. The molecule has 28 heavy (non-hydrogen) atoms. The smallest absolute Gasteiger partial charge is 0.407 e. The van der Waals surface area contributed by atoms with Crippen LogP contribution in [-0.4, -0.2) is 43.3 Å². The van der Waals surface area contributed by atoms with Crippen LogP contribution in [0.4, 0.5) is 10.5 Å². The molecule has 2 amide bonds. The van der Waals surface area contributed by atoms with Gasteiger partial charge in [0, 0.05) is 17.8 Å². The van der Waals surface area contributed by atoms with Crippen LogP contribution < -0.4 is 10.2 Å². The standard InChI is InChI=1S/C22H29N3O3/c1-22(2,3)28-21(27)23-15-17-10-9-11-18(14-17)20(26)25(16-24(4)5)19-12-7-6-8-13-19/h6-14H,15-16H2,1-5H3,(H,23,27). The fraction of sp³-hybridized carbons (Fsp3) is 0.364. The number of nitrogens with zero attached hydrogens (tertiary/aromatic N) is 2. The Morgan fingerprint density at radius 2 is 1.68 bits per heavy atom. The van der Waals surface area contributed by atoms with Crippen molar-refractivity contribution in [2.45, 2.75) is 32.9 Å². The predicted octanol–water partition coefficient (Wildman–Crippen LogP) is 3.88. The summed E-state index contributed by atoms with van der Waals surface area (Å²) >= 11 is 0. The van der Waals surface area contributed by atoms with E-state index in [1.165, 1.54) is 0 Å². The molecule has 1 N–H and O–H groups in total. The highest BCUT2D eigenvalue weighted by molar-refractivity contribution is 6.06. The summed E-state index contributed by atoms with van der Waals surface area (Å²) in [5.41, 5.74) is 1.67. The Balaban J connectivity index is 2.14. The van der Waals surface area contributed by atoms with E-state index in [2.05, 4.69) is 5.32 Å². The van der Waals surface area contributed by atoms with Gasteiger partial charge in [-0.25, -0.2) is 4.79 Å². The van der Waals surface area contributed by atoms with Crippen LogP contribution in [0.25, 0.3) is 0 Å². The van der Waals surface area contributed by atoms with E-state index in [0.29, 0.717) is 12.2 Å². The second-order valence-corrected chi connectivity index (χ2v) is 7.85. The Kier molecular flexibility index (Phi) is 7.18. The van der Waals surface area contributed by atoms with E-state index in [9.17, 15) is 9.59 Å². The number of carbonyl (C=O) groups excluding carboxylic acids is 2. The highest BCUT2D eigenvalue weighted by Crippen LogP contribution is 2.18. The van der Waals surface area contributed by atoms with E-state index in [0.717, 1.165) is 11.3 Å².